The zero-order valence-corrected chi connectivity index (χ0v) is 14.2. The second-order valence-corrected chi connectivity index (χ2v) is 7.68. The van der Waals surface area contributed by atoms with Crippen molar-refractivity contribution in [3.05, 3.63) is 38.6 Å². The number of halogens is 1. The quantitative estimate of drug-likeness (QED) is 0.842. The van der Waals surface area contributed by atoms with Crippen LogP contribution in [-0.4, -0.2) is 20.4 Å². The highest BCUT2D eigenvalue weighted by Crippen LogP contribution is 2.22. The summed E-state index contributed by atoms with van der Waals surface area (Å²) in [7, 11) is -1.77. The highest BCUT2D eigenvalue weighted by molar-refractivity contribution is 9.10. The minimum absolute atomic E-state index is 0.259. The standard InChI is InChI=1S/C12H14BrN3O2S2/c1-8-11(13)3-4-12(15-8)16-20(17,18)10-5-9(6-14-2)19-7-10/h3-5,7,14H,6H2,1-2H3,(H,15,16). The molecule has 20 heavy (non-hydrogen) atoms. The molecule has 0 bridgehead atoms. The van der Waals surface area contributed by atoms with Crippen LogP contribution in [0.15, 0.2) is 32.9 Å². The first-order valence-corrected chi connectivity index (χ1v) is 8.96. The largest absolute Gasteiger partial charge is 0.315 e. The maximum Gasteiger partial charge on any atom is 0.263 e. The first-order valence-electron chi connectivity index (χ1n) is 5.80. The van der Waals surface area contributed by atoms with Crippen molar-refractivity contribution in [2.24, 2.45) is 0 Å². The van der Waals surface area contributed by atoms with E-state index in [1.165, 1.54) is 11.3 Å². The zero-order valence-electron chi connectivity index (χ0n) is 11.0. The third-order valence-electron chi connectivity index (χ3n) is 2.55. The van der Waals surface area contributed by atoms with Crippen molar-refractivity contribution in [3.63, 3.8) is 0 Å². The van der Waals surface area contributed by atoms with Gasteiger partial charge in [-0.15, -0.1) is 11.3 Å². The first kappa shape index (κ1) is 15.4. The number of nitrogens with one attached hydrogen (secondary N) is 2. The van der Waals surface area contributed by atoms with E-state index in [0.29, 0.717) is 12.4 Å². The fraction of sp³-hybridized carbons (Fsp3) is 0.250. The van der Waals surface area contributed by atoms with Crippen LogP contribution >= 0.6 is 27.3 Å². The van der Waals surface area contributed by atoms with Gasteiger partial charge in [0.2, 0.25) is 0 Å². The van der Waals surface area contributed by atoms with Gasteiger partial charge in [-0.05, 0) is 48.1 Å². The van der Waals surface area contributed by atoms with Crippen molar-refractivity contribution in [1.29, 1.82) is 0 Å². The lowest BCUT2D eigenvalue weighted by atomic mass is 10.4. The second kappa shape index (κ2) is 6.21. The van der Waals surface area contributed by atoms with E-state index >= 15 is 0 Å². The molecule has 2 aromatic heterocycles. The third-order valence-corrected chi connectivity index (χ3v) is 5.81. The van der Waals surface area contributed by atoms with E-state index in [9.17, 15) is 8.42 Å². The Morgan fingerprint density at radius 3 is 2.80 bits per heavy atom. The van der Waals surface area contributed by atoms with E-state index in [0.717, 1.165) is 15.0 Å². The summed E-state index contributed by atoms with van der Waals surface area (Å²) in [5.41, 5.74) is 0.728. The number of pyridine rings is 1. The normalized spacial score (nSPS) is 11.6. The average molecular weight is 376 g/mol. The molecule has 0 aliphatic carbocycles. The van der Waals surface area contributed by atoms with Gasteiger partial charge >= 0.3 is 0 Å². The molecule has 5 nitrogen and oxygen atoms in total. The van der Waals surface area contributed by atoms with Crippen LogP contribution in [0.5, 0.6) is 0 Å². The summed E-state index contributed by atoms with van der Waals surface area (Å²) < 4.78 is 27.8. The number of aromatic nitrogens is 1. The molecule has 0 aliphatic rings. The van der Waals surface area contributed by atoms with Crippen LogP contribution in [0.3, 0.4) is 0 Å². The molecule has 0 amide bonds. The number of hydrogen-bond donors (Lipinski definition) is 2. The Hall–Kier alpha value is -0.960. The van der Waals surface area contributed by atoms with Crippen LogP contribution in [-0.2, 0) is 16.6 Å². The SMILES string of the molecule is CNCc1cc(S(=O)(=O)Nc2ccc(Br)c(C)n2)cs1. The molecule has 0 fully saturated rings. The van der Waals surface area contributed by atoms with Crippen LogP contribution < -0.4 is 10.0 Å². The van der Waals surface area contributed by atoms with E-state index in [-0.39, 0.29) is 4.90 Å². The minimum atomic E-state index is -3.59. The van der Waals surface area contributed by atoms with E-state index in [1.54, 1.807) is 30.5 Å². The predicted molar refractivity (Wildman–Crippen MR) is 84.6 cm³/mol. The van der Waals surface area contributed by atoms with Gasteiger partial charge in [0.25, 0.3) is 10.0 Å². The van der Waals surface area contributed by atoms with Gasteiger partial charge in [0.1, 0.15) is 5.82 Å². The average Bonchev–Trinajstić information content (AvgIpc) is 2.83. The van der Waals surface area contributed by atoms with E-state index in [2.05, 4.69) is 31.0 Å². The number of nitrogens with zero attached hydrogens (tertiary/aromatic N) is 1. The molecule has 0 saturated heterocycles. The monoisotopic (exact) mass is 375 g/mol. The summed E-state index contributed by atoms with van der Waals surface area (Å²) in [5.74, 6) is 0.312. The van der Waals surface area contributed by atoms with Gasteiger partial charge in [0.05, 0.1) is 10.6 Å². The molecule has 2 aromatic rings. The highest BCUT2D eigenvalue weighted by atomic mass is 79.9. The van der Waals surface area contributed by atoms with E-state index < -0.39 is 10.0 Å². The van der Waals surface area contributed by atoms with Crippen molar-refractivity contribution in [3.8, 4) is 0 Å². The van der Waals surface area contributed by atoms with E-state index in [1.807, 2.05) is 7.05 Å². The number of sulfonamides is 1. The molecule has 0 aromatic carbocycles. The lowest BCUT2D eigenvalue weighted by Crippen LogP contribution is -2.13. The molecule has 0 unspecified atom stereocenters. The van der Waals surface area contributed by atoms with Gasteiger partial charge in [-0.25, -0.2) is 13.4 Å². The Morgan fingerprint density at radius 1 is 1.40 bits per heavy atom. The molecule has 0 saturated carbocycles. The molecular weight excluding hydrogens is 362 g/mol. The van der Waals surface area contributed by atoms with Crippen molar-refractivity contribution in [2.45, 2.75) is 18.4 Å². The van der Waals surface area contributed by atoms with Crippen molar-refractivity contribution >= 4 is 43.1 Å². The maximum atomic E-state index is 12.2. The number of anilines is 1. The predicted octanol–water partition coefficient (Wildman–Crippen LogP) is 2.73. The fourth-order valence-electron chi connectivity index (χ4n) is 1.57. The van der Waals surface area contributed by atoms with Gasteiger partial charge in [0.15, 0.2) is 0 Å². The molecular formula is C12H14BrN3O2S2. The van der Waals surface area contributed by atoms with Gasteiger partial charge in [-0.1, -0.05) is 0 Å². The summed E-state index contributed by atoms with van der Waals surface area (Å²) >= 11 is 4.74. The van der Waals surface area contributed by atoms with Gasteiger partial charge in [0, 0.05) is 21.3 Å². The molecule has 0 radical (unpaired) electrons. The molecule has 0 atom stereocenters. The third kappa shape index (κ3) is 3.57. The van der Waals surface area contributed by atoms with Crippen LogP contribution in [0.4, 0.5) is 5.82 Å². The lowest BCUT2D eigenvalue weighted by Gasteiger charge is -2.07. The minimum Gasteiger partial charge on any atom is -0.315 e. The van der Waals surface area contributed by atoms with Crippen molar-refractivity contribution in [1.82, 2.24) is 10.3 Å². The Kier molecular flexibility index (Phi) is 4.79. The smallest absolute Gasteiger partial charge is 0.263 e. The number of rotatable bonds is 5. The highest BCUT2D eigenvalue weighted by Gasteiger charge is 2.17. The molecule has 2 rings (SSSR count). The van der Waals surface area contributed by atoms with Gasteiger partial charge in [-0.3, -0.25) is 4.72 Å². The summed E-state index contributed by atoms with van der Waals surface area (Å²) in [6.07, 6.45) is 0. The maximum absolute atomic E-state index is 12.2. The van der Waals surface area contributed by atoms with Gasteiger partial charge < -0.3 is 5.32 Å². The van der Waals surface area contributed by atoms with Gasteiger partial charge in [-0.2, -0.15) is 0 Å². The van der Waals surface area contributed by atoms with Crippen molar-refractivity contribution < 1.29 is 8.42 Å². The summed E-state index contributed by atoms with van der Waals surface area (Å²) in [6.45, 7) is 2.45. The van der Waals surface area contributed by atoms with Crippen molar-refractivity contribution in [2.75, 3.05) is 11.8 Å². The topological polar surface area (TPSA) is 71.1 Å². The molecule has 0 aliphatic heterocycles. The number of hydrogen-bond acceptors (Lipinski definition) is 5. The van der Waals surface area contributed by atoms with Crippen LogP contribution in [0, 0.1) is 6.92 Å². The van der Waals surface area contributed by atoms with E-state index in [4.69, 9.17) is 0 Å². The molecule has 2 N–H and O–H groups in total. The summed E-state index contributed by atoms with van der Waals surface area (Å²) in [6, 6.07) is 5.05. The zero-order chi connectivity index (χ0) is 14.8. The molecule has 0 spiro atoms. The fourth-order valence-corrected chi connectivity index (χ4v) is 4.07. The Labute approximate surface area is 130 Å². The molecule has 108 valence electrons. The Morgan fingerprint density at radius 2 is 2.15 bits per heavy atom. The number of thiophene rings is 1. The summed E-state index contributed by atoms with van der Waals surface area (Å²) in [5, 5.41) is 4.62. The first-order chi connectivity index (χ1) is 9.42. The molecule has 8 heteroatoms. The summed E-state index contributed by atoms with van der Waals surface area (Å²) in [4.78, 5) is 5.41. The number of aryl methyl sites for hydroxylation is 1. The van der Waals surface area contributed by atoms with Crippen LogP contribution in [0.2, 0.25) is 0 Å². The lowest BCUT2D eigenvalue weighted by molar-refractivity contribution is 0.601. The molecule has 2 heterocycles. The Bertz CT molecular complexity index is 713. The van der Waals surface area contributed by atoms with Crippen LogP contribution in [0.1, 0.15) is 10.6 Å². The Balaban J connectivity index is 2.23. The second-order valence-electron chi connectivity index (χ2n) is 4.15. The van der Waals surface area contributed by atoms with Crippen LogP contribution in [0.25, 0.3) is 0 Å².